The van der Waals surface area contributed by atoms with E-state index in [0.717, 1.165) is 13.0 Å². The Morgan fingerprint density at radius 2 is 2.25 bits per heavy atom. The molecule has 0 radical (unpaired) electrons. The second-order valence-corrected chi connectivity index (χ2v) is 6.12. The van der Waals surface area contributed by atoms with Crippen molar-refractivity contribution in [1.29, 1.82) is 0 Å². The predicted octanol–water partition coefficient (Wildman–Crippen LogP) is 2.73. The molecule has 0 spiro atoms. The van der Waals surface area contributed by atoms with Crippen molar-refractivity contribution in [3.8, 4) is 0 Å². The number of aliphatic hydroxyl groups is 1. The first-order valence-corrected chi connectivity index (χ1v) is 6.93. The lowest BCUT2D eigenvalue weighted by molar-refractivity contribution is 0.205. The van der Waals surface area contributed by atoms with E-state index < -0.39 is 0 Å². The van der Waals surface area contributed by atoms with Gasteiger partial charge in [0.15, 0.2) is 0 Å². The maximum Gasteiger partial charge on any atom is 0.0499 e. The van der Waals surface area contributed by atoms with Crippen LogP contribution in [0.25, 0.3) is 0 Å². The summed E-state index contributed by atoms with van der Waals surface area (Å²) >= 11 is 1.89. The number of nitrogens with one attached hydrogen (secondary N) is 1. The standard InChI is InChI=1S/C13H21NOS/c1-3-11-4-5-12(16-11)10(2)14-8-13(9-15)6-7-13/h4-5,10,14-15H,3,6-9H2,1-2H3. The molecule has 0 amide bonds. The molecule has 2 rings (SSSR count). The largest absolute Gasteiger partial charge is 0.396 e. The molecular weight excluding hydrogens is 218 g/mol. The maximum atomic E-state index is 9.24. The summed E-state index contributed by atoms with van der Waals surface area (Å²) in [5, 5.41) is 12.8. The van der Waals surface area contributed by atoms with Crippen molar-refractivity contribution in [3.63, 3.8) is 0 Å². The van der Waals surface area contributed by atoms with E-state index in [1.807, 2.05) is 11.3 Å². The van der Waals surface area contributed by atoms with Crippen LogP contribution in [0.4, 0.5) is 0 Å². The lowest BCUT2D eigenvalue weighted by Crippen LogP contribution is -2.28. The van der Waals surface area contributed by atoms with Crippen LogP contribution < -0.4 is 5.32 Å². The van der Waals surface area contributed by atoms with E-state index in [9.17, 15) is 5.11 Å². The topological polar surface area (TPSA) is 32.3 Å². The van der Waals surface area contributed by atoms with Gasteiger partial charge in [0.2, 0.25) is 0 Å². The van der Waals surface area contributed by atoms with Crippen LogP contribution in [-0.4, -0.2) is 18.3 Å². The van der Waals surface area contributed by atoms with E-state index in [1.54, 1.807) is 0 Å². The fourth-order valence-corrected chi connectivity index (χ4v) is 2.83. The second-order valence-electron chi connectivity index (χ2n) is 4.92. The van der Waals surface area contributed by atoms with Crippen LogP contribution in [0.3, 0.4) is 0 Å². The lowest BCUT2D eigenvalue weighted by atomic mass is 10.1. The van der Waals surface area contributed by atoms with E-state index in [2.05, 4.69) is 31.3 Å². The number of aliphatic hydroxyl groups excluding tert-OH is 1. The van der Waals surface area contributed by atoms with E-state index in [1.165, 1.54) is 22.6 Å². The van der Waals surface area contributed by atoms with Gasteiger partial charge in [0, 0.05) is 34.4 Å². The summed E-state index contributed by atoms with van der Waals surface area (Å²) in [6.45, 7) is 5.68. The highest BCUT2D eigenvalue weighted by Gasteiger charge is 2.41. The number of hydrogen-bond donors (Lipinski definition) is 2. The highest BCUT2D eigenvalue weighted by atomic mass is 32.1. The fourth-order valence-electron chi connectivity index (χ4n) is 1.86. The zero-order valence-electron chi connectivity index (χ0n) is 10.1. The van der Waals surface area contributed by atoms with Gasteiger partial charge >= 0.3 is 0 Å². The normalized spacial score (nSPS) is 19.7. The summed E-state index contributed by atoms with van der Waals surface area (Å²) in [4.78, 5) is 2.86. The quantitative estimate of drug-likeness (QED) is 0.800. The summed E-state index contributed by atoms with van der Waals surface area (Å²) in [7, 11) is 0. The Kier molecular flexibility index (Phi) is 3.67. The molecule has 90 valence electrons. The van der Waals surface area contributed by atoms with Crippen molar-refractivity contribution in [1.82, 2.24) is 5.32 Å². The molecule has 1 aliphatic rings. The molecule has 0 saturated heterocycles. The molecule has 0 bridgehead atoms. The van der Waals surface area contributed by atoms with E-state index >= 15 is 0 Å². The average Bonchev–Trinajstić information content (AvgIpc) is 2.94. The minimum Gasteiger partial charge on any atom is -0.396 e. The fraction of sp³-hybridized carbons (Fsp3) is 0.692. The third-order valence-electron chi connectivity index (χ3n) is 3.53. The average molecular weight is 239 g/mol. The van der Waals surface area contributed by atoms with Crippen LogP contribution in [0.2, 0.25) is 0 Å². The molecule has 0 aliphatic heterocycles. The zero-order valence-corrected chi connectivity index (χ0v) is 10.9. The minimum atomic E-state index is 0.207. The summed E-state index contributed by atoms with van der Waals surface area (Å²) < 4.78 is 0. The lowest BCUT2D eigenvalue weighted by Gasteiger charge is -2.17. The molecule has 16 heavy (non-hydrogen) atoms. The van der Waals surface area contributed by atoms with Crippen LogP contribution in [0.15, 0.2) is 12.1 Å². The zero-order chi connectivity index (χ0) is 11.6. The maximum absolute atomic E-state index is 9.24. The van der Waals surface area contributed by atoms with Crippen LogP contribution >= 0.6 is 11.3 Å². The van der Waals surface area contributed by atoms with Gasteiger partial charge < -0.3 is 10.4 Å². The van der Waals surface area contributed by atoms with Crippen molar-refractivity contribution >= 4 is 11.3 Å². The number of thiophene rings is 1. The van der Waals surface area contributed by atoms with Gasteiger partial charge in [-0.15, -0.1) is 11.3 Å². The minimum absolute atomic E-state index is 0.207. The van der Waals surface area contributed by atoms with Crippen molar-refractivity contribution in [2.24, 2.45) is 5.41 Å². The van der Waals surface area contributed by atoms with Gasteiger partial charge in [-0.1, -0.05) is 6.92 Å². The van der Waals surface area contributed by atoms with Crippen LogP contribution in [0, 0.1) is 5.41 Å². The van der Waals surface area contributed by atoms with Gasteiger partial charge in [-0.3, -0.25) is 0 Å². The highest BCUT2D eigenvalue weighted by molar-refractivity contribution is 7.12. The molecule has 1 saturated carbocycles. The third kappa shape index (κ3) is 2.65. The number of hydrogen-bond acceptors (Lipinski definition) is 3. The SMILES string of the molecule is CCc1ccc(C(C)NCC2(CO)CC2)s1. The molecule has 1 aromatic heterocycles. The molecule has 1 fully saturated rings. The second kappa shape index (κ2) is 4.86. The van der Waals surface area contributed by atoms with Gasteiger partial charge in [-0.25, -0.2) is 0 Å². The summed E-state index contributed by atoms with van der Waals surface area (Å²) in [6.07, 6.45) is 3.47. The molecule has 1 atom stereocenters. The Morgan fingerprint density at radius 1 is 1.50 bits per heavy atom. The predicted molar refractivity (Wildman–Crippen MR) is 68.9 cm³/mol. The molecule has 1 aromatic rings. The Labute approximate surface area is 102 Å². The molecule has 0 aromatic carbocycles. The van der Waals surface area contributed by atoms with Crippen LogP contribution in [0.5, 0.6) is 0 Å². The van der Waals surface area contributed by atoms with Crippen molar-refractivity contribution in [3.05, 3.63) is 21.9 Å². The van der Waals surface area contributed by atoms with E-state index in [0.29, 0.717) is 12.6 Å². The molecular formula is C13H21NOS. The third-order valence-corrected chi connectivity index (χ3v) is 4.95. The first-order valence-electron chi connectivity index (χ1n) is 6.12. The molecule has 3 heteroatoms. The van der Waals surface area contributed by atoms with Gasteiger partial charge in [-0.2, -0.15) is 0 Å². The summed E-state index contributed by atoms with van der Waals surface area (Å²) in [5.41, 5.74) is 0.207. The highest BCUT2D eigenvalue weighted by Crippen LogP contribution is 2.44. The molecule has 1 unspecified atom stereocenters. The van der Waals surface area contributed by atoms with Gasteiger partial charge in [0.25, 0.3) is 0 Å². The van der Waals surface area contributed by atoms with Crippen LogP contribution in [-0.2, 0) is 6.42 Å². The summed E-state index contributed by atoms with van der Waals surface area (Å²) in [5.74, 6) is 0. The smallest absolute Gasteiger partial charge is 0.0499 e. The molecule has 2 nitrogen and oxygen atoms in total. The van der Waals surface area contributed by atoms with Crippen molar-refractivity contribution < 1.29 is 5.11 Å². The Hall–Kier alpha value is -0.380. The molecule has 1 aliphatic carbocycles. The van der Waals surface area contributed by atoms with E-state index in [4.69, 9.17) is 0 Å². The molecule has 2 N–H and O–H groups in total. The van der Waals surface area contributed by atoms with Crippen molar-refractivity contribution in [2.45, 2.75) is 39.2 Å². The first-order chi connectivity index (χ1) is 7.69. The van der Waals surface area contributed by atoms with Crippen LogP contribution in [0.1, 0.15) is 42.5 Å². The number of rotatable bonds is 6. The van der Waals surface area contributed by atoms with Gasteiger partial charge in [0.05, 0.1) is 0 Å². The van der Waals surface area contributed by atoms with Gasteiger partial charge in [-0.05, 0) is 38.3 Å². The van der Waals surface area contributed by atoms with E-state index in [-0.39, 0.29) is 5.41 Å². The number of aryl methyl sites for hydroxylation is 1. The Bertz CT molecular complexity index is 343. The first kappa shape index (κ1) is 12.1. The van der Waals surface area contributed by atoms with Gasteiger partial charge in [0.1, 0.15) is 0 Å². The monoisotopic (exact) mass is 239 g/mol. The Morgan fingerprint density at radius 3 is 2.75 bits per heavy atom. The summed E-state index contributed by atoms with van der Waals surface area (Å²) in [6, 6.07) is 4.85. The Balaban J connectivity index is 1.85. The molecule has 1 heterocycles. The van der Waals surface area contributed by atoms with Crippen molar-refractivity contribution in [2.75, 3.05) is 13.2 Å².